The molecule has 0 spiro atoms. The minimum Gasteiger partial charge on any atom is -0.354 e. The maximum absolute atomic E-state index is 14.0. The molecule has 0 aliphatic heterocycles. The van der Waals surface area contributed by atoms with Crippen molar-refractivity contribution in [3.63, 3.8) is 0 Å². The Morgan fingerprint density at radius 1 is 0.949 bits per heavy atom. The van der Waals surface area contributed by atoms with Gasteiger partial charge in [0.05, 0.1) is 10.6 Å². The summed E-state index contributed by atoms with van der Waals surface area (Å²) in [4.78, 5) is 28.5. The van der Waals surface area contributed by atoms with Crippen molar-refractivity contribution in [3.8, 4) is 0 Å². The number of anilines is 1. The molecule has 2 amide bonds. The normalized spacial score (nSPS) is 12.1. The topological polar surface area (TPSA) is 86.8 Å². The first-order chi connectivity index (χ1) is 18.4. The van der Waals surface area contributed by atoms with Crippen molar-refractivity contribution in [1.29, 1.82) is 0 Å². The number of halogens is 1. The molecule has 3 rings (SSSR count). The van der Waals surface area contributed by atoms with Gasteiger partial charge in [0.1, 0.15) is 12.6 Å². The summed E-state index contributed by atoms with van der Waals surface area (Å²) in [6, 6.07) is 18.6. The minimum atomic E-state index is -4.10. The molecule has 0 aliphatic rings. The van der Waals surface area contributed by atoms with E-state index in [0.29, 0.717) is 12.2 Å². The Hall–Kier alpha value is -3.17. The molecule has 39 heavy (non-hydrogen) atoms. The van der Waals surface area contributed by atoms with E-state index in [1.165, 1.54) is 4.90 Å². The van der Waals surface area contributed by atoms with Crippen molar-refractivity contribution in [2.75, 3.05) is 17.4 Å². The third kappa shape index (κ3) is 7.48. The van der Waals surface area contributed by atoms with Crippen LogP contribution in [0.15, 0.2) is 76.1 Å². The fourth-order valence-corrected chi connectivity index (χ4v) is 5.86. The smallest absolute Gasteiger partial charge is 0.264 e. The highest BCUT2D eigenvalue weighted by Crippen LogP contribution is 2.29. The number of nitrogens with zero attached hydrogens (tertiary/aromatic N) is 2. The molecule has 3 aromatic rings. The second-order valence-corrected chi connectivity index (χ2v) is 12.4. The SMILES string of the molecule is CCCNC(=O)C(C)N(Cc1ccc(Br)cc1)C(=O)CN(c1cccc(C)c1C)S(=O)(=O)c1ccc(C)cc1. The van der Waals surface area contributed by atoms with Gasteiger partial charge in [0.25, 0.3) is 10.0 Å². The van der Waals surface area contributed by atoms with Gasteiger partial charge in [-0.05, 0) is 81.1 Å². The molecule has 0 saturated heterocycles. The van der Waals surface area contributed by atoms with Crippen LogP contribution in [0.4, 0.5) is 5.69 Å². The Balaban J connectivity index is 2.05. The summed E-state index contributed by atoms with van der Waals surface area (Å²) in [5.41, 5.74) is 3.84. The first-order valence-corrected chi connectivity index (χ1v) is 15.2. The second-order valence-electron chi connectivity index (χ2n) is 9.66. The molecule has 0 aliphatic carbocycles. The van der Waals surface area contributed by atoms with Crippen LogP contribution in [0, 0.1) is 20.8 Å². The van der Waals surface area contributed by atoms with E-state index in [0.717, 1.165) is 37.5 Å². The summed E-state index contributed by atoms with van der Waals surface area (Å²) < 4.78 is 30.0. The van der Waals surface area contributed by atoms with Gasteiger partial charge in [-0.3, -0.25) is 13.9 Å². The number of amides is 2. The molecule has 0 bridgehead atoms. The standard InChI is InChI=1S/C30H36BrN3O4S/c1-6-18-32-30(36)24(5)33(19-25-12-14-26(31)15-13-25)29(35)20-34(28-9-7-8-22(3)23(28)4)39(37,38)27-16-10-21(2)11-17-27/h7-17,24H,6,18-20H2,1-5H3,(H,32,36). The van der Waals surface area contributed by atoms with E-state index in [1.54, 1.807) is 43.3 Å². The summed E-state index contributed by atoms with van der Waals surface area (Å²) in [7, 11) is -4.10. The second kappa shape index (κ2) is 13.3. The zero-order valence-corrected chi connectivity index (χ0v) is 25.5. The van der Waals surface area contributed by atoms with E-state index < -0.39 is 28.5 Å². The van der Waals surface area contributed by atoms with Gasteiger partial charge in [-0.15, -0.1) is 0 Å². The van der Waals surface area contributed by atoms with E-state index in [9.17, 15) is 18.0 Å². The zero-order chi connectivity index (χ0) is 28.7. The van der Waals surface area contributed by atoms with E-state index in [1.807, 2.05) is 58.0 Å². The lowest BCUT2D eigenvalue weighted by molar-refractivity contribution is -0.139. The summed E-state index contributed by atoms with van der Waals surface area (Å²) >= 11 is 3.42. The van der Waals surface area contributed by atoms with Crippen LogP contribution in [0.3, 0.4) is 0 Å². The third-order valence-electron chi connectivity index (χ3n) is 6.72. The highest BCUT2D eigenvalue weighted by molar-refractivity contribution is 9.10. The van der Waals surface area contributed by atoms with Crippen LogP contribution >= 0.6 is 15.9 Å². The Morgan fingerprint density at radius 3 is 2.21 bits per heavy atom. The van der Waals surface area contributed by atoms with Crippen LogP contribution in [-0.2, 0) is 26.2 Å². The van der Waals surface area contributed by atoms with Crippen LogP contribution in [0.2, 0.25) is 0 Å². The number of carbonyl (C=O) groups excluding carboxylic acids is 2. The lowest BCUT2D eigenvalue weighted by Gasteiger charge is -2.32. The van der Waals surface area contributed by atoms with Crippen molar-refractivity contribution in [1.82, 2.24) is 10.2 Å². The Morgan fingerprint density at radius 2 is 1.59 bits per heavy atom. The van der Waals surface area contributed by atoms with E-state index in [-0.39, 0.29) is 17.3 Å². The van der Waals surface area contributed by atoms with Crippen molar-refractivity contribution >= 4 is 43.5 Å². The van der Waals surface area contributed by atoms with Gasteiger partial charge in [0.2, 0.25) is 11.8 Å². The lowest BCUT2D eigenvalue weighted by atomic mass is 10.1. The lowest BCUT2D eigenvalue weighted by Crippen LogP contribution is -2.51. The highest BCUT2D eigenvalue weighted by Gasteiger charge is 2.33. The molecule has 7 nitrogen and oxygen atoms in total. The monoisotopic (exact) mass is 613 g/mol. The molecular formula is C30H36BrN3O4S. The third-order valence-corrected chi connectivity index (χ3v) is 9.02. The van der Waals surface area contributed by atoms with Gasteiger partial charge < -0.3 is 10.2 Å². The number of nitrogens with one attached hydrogen (secondary N) is 1. The predicted octanol–water partition coefficient (Wildman–Crippen LogP) is 5.51. The summed E-state index contributed by atoms with van der Waals surface area (Å²) in [6.07, 6.45) is 0.758. The molecule has 0 aromatic heterocycles. The van der Waals surface area contributed by atoms with Crippen LogP contribution in [0.1, 0.15) is 42.5 Å². The number of benzene rings is 3. The quantitative estimate of drug-likeness (QED) is 0.309. The number of sulfonamides is 1. The van der Waals surface area contributed by atoms with Crippen LogP contribution < -0.4 is 9.62 Å². The van der Waals surface area contributed by atoms with Gasteiger partial charge in [-0.25, -0.2) is 8.42 Å². The molecule has 9 heteroatoms. The van der Waals surface area contributed by atoms with Crippen LogP contribution in [-0.4, -0.2) is 44.3 Å². The van der Waals surface area contributed by atoms with E-state index >= 15 is 0 Å². The molecular weight excluding hydrogens is 578 g/mol. The maximum atomic E-state index is 14.0. The van der Waals surface area contributed by atoms with Gasteiger partial charge in [0.15, 0.2) is 0 Å². The maximum Gasteiger partial charge on any atom is 0.264 e. The van der Waals surface area contributed by atoms with Crippen molar-refractivity contribution in [2.45, 2.75) is 58.5 Å². The minimum absolute atomic E-state index is 0.0926. The van der Waals surface area contributed by atoms with Gasteiger partial charge >= 0.3 is 0 Å². The van der Waals surface area contributed by atoms with Gasteiger partial charge in [-0.2, -0.15) is 0 Å². The van der Waals surface area contributed by atoms with Crippen LogP contribution in [0.25, 0.3) is 0 Å². The number of hydrogen-bond acceptors (Lipinski definition) is 4. The first kappa shape index (κ1) is 30.4. The molecule has 1 atom stereocenters. The zero-order valence-electron chi connectivity index (χ0n) is 23.1. The number of rotatable bonds is 11. The predicted molar refractivity (Wildman–Crippen MR) is 159 cm³/mol. The molecule has 0 fully saturated rings. The summed E-state index contributed by atoms with van der Waals surface area (Å²) in [6.45, 7) is 9.42. The number of aryl methyl sites for hydroxylation is 2. The van der Waals surface area contributed by atoms with E-state index in [4.69, 9.17) is 0 Å². The molecule has 0 saturated carbocycles. The molecule has 0 heterocycles. The van der Waals surface area contributed by atoms with Crippen LogP contribution in [0.5, 0.6) is 0 Å². The average molecular weight is 615 g/mol. The fraction of sp³-hybridized carbons (Fsp3) is 0.333. The summed E-state index contributed by atoms with van der Waals surface area (Å²) in [5, 5.41) is 2.85. The van der Waals surface area contributed by atoms with Crippen molar-refractivity contribution in [3.05, 3.63) is 93.5 Å². The Kier molecular flexibility index (Phi) is 10.3. The first-order valence-electron chi connectivity index (χ1n) is 12.9. The van der Waals surface area contributed by atoms with Crippen molar-refractivity contribution < 1.29 is 18.0 Å². The molecule has 1 unspecified atom stereocenters. The Labute approximate surface area is 240 Å². The molecule has 1 N–H and O–H groups in total. The number of hydrogen-bond donors (Lipinski definition) is 1. The van der Waals surface area contributed by atoms with Gasteiger partial charge in [-0.1, -0.05) is 64.8 Å². The molecule has 0 radical (unpaired) electrons. The van der Waals surface area contributed by atoms with Gasteiger partial charge in [0, 0.05) is 17.6 Å². The molecule has 3 aromatic carbocycles. The summed E-state index contributed by atoms with van der Waals surface area (Å²) in [5.74, 6) is -0.768. The highest BCUT2D eigenvalue weighted by atomic mass is 79.9. The fourth-order valence-electron chi connectivity index (χ4n) is 4.12. The van der Waals surface area contributed by atoms with E-state index in [2.05, 4.69) is 21.2 Å². The number of carbonyl (C=O) groups is 2. The Bertz CT molecular complexity index is 1410. The largest absolute Gasteiger partial charge is 0.354 e. The molecule has 208 valence electrons. The van der Waals surface area contributed by atoms with Crippen molar-refractivity contribution in [2.24, 2.45) is 0 Å². The average Bonchev–Trinajstić information content (AvgIpc) is 2.91.